The second kappa shape index (κ2) is 8.38. The Morgan fingerprint density at radius 3 is 2.13 bits per heavy atom. The predicted octanol–water partition coefficient (Wildman–Crippen LogP) is 3.65. The molecule has 156 valence electrons. The Bertz CT molecular complexity index is 1000. The molecule has 2 aliphatic rings. The number of carbonyl (C=O) groups is 3. The molecular weight excluding hydrogens is 425 g/mol. The number of nitrogens with zero attached hydrogens (tertiary/aromatic N) is 3. The van der Waals surface area contributed by atoms with Gasteiger partial charge in [0.15, 0.2) is 5.78 Å². The van der Waals surface area contributed by atoms with Crippen molar-refractivity contribution in [3.63, 3.8) is 0 Å². The molecule has 0 spiro atoms. The Labute approximate surface area is 184 Å². The Morgan fingerprint density at radius 2 is 1.53 bits per heavy atom. The molecule has 2 fully saturated rings. The van der Waals surface area contributed by atoms with E-state index in [-0.39, 0.29) is 24.0 Å². The van der Waals surface area contributed by atoms with Crippen molar-refractivity contribution in [3.8, 4) is 0 Å². The summed E-state index contributed by atoms with van der Waals surface area (Å²) in [5.41, 5.74) is 2.19. The van der Waals surface area contributed by atoms with Crippen LogP contribution in [0.2, 0.25) is 10.0 Å². The number of amides is 2. The van der Waals surface area contributed by atoms with Crippen LogP contribution in [0, 0.1) is 0 Å². The van der Waals surface area contributed by atoms with Gasteiger partial charge in [-0.1, -0.05) is 23.2 Å². The Hall–Kier alpha value is -2.41. The highest BCUT2D eigenvalue weighted by molar-refractivity contribution is 6.42. The van der Waals surface area contributed by atoms with Gasteiger partial charge < -0.3 is 4.90 Å². The number of imide groups is 1. The second-order valence-corrected chi connectivity index (χ2v) is 8.33. The van der Waals surface area contributed by atoms with Crippen molar-refractivity contribution in [2.24, 2.45) is 0 Å². The van der Waals surface area contributed by atoms with Gasteiger partial charge in [-0.2, -0.15) is 0 Å². The summed E-state index contributed by atoms with van der Waals surface area (Å²) in [6, 6.07) is 11.9. The lowest BCUT2D eigenvalue weighted by Gasteiger charge is -2.38. The highest BCUT2D eigenvalue weighted by atomic mass is 35.5. The SMILES string of the molecule is CC(=O)c1ccc(N2CCN([C@H]3CC(=O)N(c4ccc(Cl)c(Cl)c4)C3=O)CC2)cc1. The van der Waals surface area contributed by atoms with E-state index in [1.165, 1.54) is 4.90 Å². The molecule has 0 saturated carbocycles. The lowest BCUT2D eigenvalue weighted by atomic mass is 10.1. The molecule has 2 saturated heterocycles. The van der Waals surface area contributed by atoms with Gasteiger partial charge in [-0.05, 0) is 49.4 Å². The maximum Gasteiger partial charge on any atom is 0.251 e. The highest BCUT2D eigenvalue weighted by Crippen LogP contribution is 2.31. The monoisotopic (exact) mass is 445 g/mol. The van der Waals surface area contributed by atoms with E-state index >= 15 is 0 Å². The van der Waals surface area contributed by atoms with Crippen LogP contribution in [-0.4, -0.2) is 54.7 Å². The quantitative estimate of drug-likeness (QED) is 0.530. The third-order valence-corrected chi connectivity index (χ3v) is 6.42. The van der Waals surface area contributed by atoms with Crippen LogP contribution < -0.4 is 9.80 Å². The molecule has 0 radical (unpaired) electrons. The number of halogens is 2. The topological polar surface area (TPSA) is 60.9 Å². The summed E-state index contributed by atoms with van der Waals surface area (Å²) in [4.78, 5) is 42.5. The number of Topliss-reactive ketones (excluding diaryl/α,β-unsaturated/α-hetero) is 1. The number of ketones is 1. The van der Waals surface area contributed by atoms with E-state index in [0.29, 0.717) is 34.4 Å². The van der Waals surface area contributed by atoms with Gasteiger partial charge in [-0.15, -0.1) is 0 Å². The van der Waals surface area contributed by atoms with Crippen LogP contribution in [-0.2, 0) is 9.59 Å². The summed E-state index contributed by atoms with van der Waals surface area (Å²) < 4.78 is 0. The molecule has 4 rings (SSSR count). The first-order valence-electron chi connectivity index (χ1n) is 9.77. The van der Waals surface area contributed by atoms with E-state index in [0.717, 1.165) is 18.8 Å². The number of hydrogen-bond donors (Lipinski definition) is 0. The van der Waals surface area contributed by atoms with E-state index in [2.05, 4.69) is 9.80 Å². The Kier molecular flexibility index (Phi) is 5.82. The molecule has 6 nitrogen and oxygen atoms in total. The van der Waals surface area contributed by atoms with Gasteiger partial charge in [0.2, 0.25) is 5.91 Å². The summed E-state index contributed by atoms with van der Waals surface area (Å²) in [7, 11) is 0. The fraction of sp³-hybridized carbons (Fsp3) is 0.318. The zero-order chi connectivity index (χ0) is 21.4. The molecule has 0 unspecified atom stereocenters. The van der Waals surface area contributed by atoms with Gasteiger partial charge in [0, 0.05) is 37.4 Å². The van der Waals surface area contributed by atoms with Crippen molar-refractivity contribution >= 4 is 52.2 Å². The normalized spacial score (nSPS) is 20.2. The minimum atomic E-state index is -0.464. The van der Waals surface area contributed by atoms with Gasteiger partial charge >= 0.3 is 0 Å². The van der Waals surface area contributed by atoms with Crippen molar-refractivity contribution in [2.75, 3.05) is 36.0 Å². The van der Waals surface area contributed by atoms with E-state index < -0.39 is 6.04 Å². The van der Waals surface area contributed by atoms with E-state index in [1.54, 1.807) is 25.1 Å². The molecule has 2 heterocycles. The fourth-order valence-corrected chi connectivity index (χ4v) is 4.29. The molecule has 0 aromatic heterocycles. The molecule has 8 heteroatoms. The van der Waals surface area contributed by atoms with Crippen LogP contribution in [0.5, 0.6) is 0 Å². The molecule has 2 aromatic carbocycles. The van der Waals surface area contributed by atoms with Crippen molar-refractivity contribution in [1.29, 1.82) is 0 Å². The summed E-state index contributed by atoms with van der Waals surface area (Å²) in [6.45, 7) is 4.38. The lowest BCUT2D eigenvalue weighted by molar-refractivity contribution is -0.123. The van der Waals surface area contributed by atoms with Gasteiger partial charge in [-0.3, -0.25) is 19.3 Å². The molecule has 0 N–H and O–H groups in total. The molecule has 0 aliphatic carbocycles. The van der Waals surface area contributed by atoms with Crippen LogP contribution in [0.4, 0.5) is 11.4 Å². The van der Waals surface area contributed by atoms with Crippen molar-refractivity contribution in [1.82, 2.24) is 4.90 Å². The third-order valence-electron chi connectivity index (χ3n) is 5.68. The zero-order valence-corrected chi connectivity index (χ0v) is 18.0. The van der Waals surface area contributed by atoms with Gasteiger partial charge in [0.1, 0.15) is 0 Å². The van der Waals surface area contributed by atoms with Crippen molar-refractivity contribution in [2.45, 2.75) is 19.4 Å². The average Bonchev–Trinajstić information content (AvgIpc) is 3.04. The number of benzene rings is 2. The zero-order valence-electron chi connectivity index (χ0n) is 16.5. The number of piperazine rings is 1. The number of anilines is 2. The smallest absolute Gasteiger partial charge is 0.251 e. The van der Waals surface area contributed by atoms with E-state index in [4.69, 9.17) is 23.2 Å². The lowest BCUT2D eigenvalue weighted by Crippen LogP contribution is -2.52. The largest absolute Gasteiger partial charge is 0.369 e. The molecule has 2 aliphatic heterocycles. The van der Waals surface area contributed by atoms with Crippen molar-refractivity contribution in [3.05, 3.63) is 58.1 Å². The molecule has 0 bridgehead atoms. The van der Waals surface area contributed by atoms with Crippen LogP contribution in [0.3, 0.4) is 0 Å². The van der Waals surface area contributed by atoms with Crippen LogP contribution in [0.15, 0.2) is 42.5 Å². The molecule has 2 aromatic rings. The van der Waals surface area contributed by atoms with Crippen molar-refractivity contribution < 1.29 is 14.4 Å². The van der Waals surface area contributed by atoms with Crippen LogP contribution in [0.1, 0.15) is 23.7 Å². The predicted molar refractivity (Wildman–Crippen MR) is 118 cm³/mol. The average molecular weight is 446 g/mol. The summed E-state index contributed by atoms with van der Waals surface area (Å²) >= 11 is 12.0. The first-order chi connectivity index (χ1) is 14.3. The molecule has 30 heavy (non-hydrogen) atoms. The Balaban J connectivity index is 1.42. The first-order valence-corrected chi connectivity index (χ1v) is 10.5. The Morgan fingerprint density at radius 1 is 0.900 bits per heavy atom. The van der Waals surface area contributed by atoms with Gasteiger partial charge in [-0.25, -0.2) is 4.90 Å². The first kappa shape index (κ1) is 20.8. The molecular formula is C22H21Cl2N3O3. The number of hydrogen-bond acceptors (Lipinski definition) is 5. The maximum absolute atomic E-state index is 13.0. The number of rotatable bonds is 4. The molecule has 2 amide bonds. The standard InChI is InChI=1S/C22H21Cl2N3O3/c1-14(28)15-2-4-16(5-3-15)25-8-10-26(11-9-25)20-13-21(29)27(22(20)30)17-6-7-18(23)19(24)12-17/h2-7,12,20H,8-11,13H2,1H3/t20-/m0/s1. The summed E-state index contributed by atoms with van der Waals surface area (Å²) in [5, 5.41) is 0.686. The number of carbonyl (C=O) groups excluding carboxylic acids is 3. The third kappa shape index (κ3) is 3.95. The minimum absolute atomic E-state index is 0.0438. The van der Waals surface area contributed by atoms with E-state index in [1.807, 2.05) is 24.3 Å². The molecule has 1 atom stereocenters. The van der Waals surface area contributed by atoms with E-state index in [9.17, 15) is 14.4 Å². The maximum atomic E-state index is 13.0. The summed E-state index contributed by atoms with van der Waals surface area (Å²) in [6.07, 6.45) is 0.159. The van der Waals surface area contributed by atoms with Crippen LogP contribution in [0.25, 0.3) is 0 Å². The summed E-state index contributed by atoms with van der Waals surface area (Å²) in [5.74, 6) is -0.411. The minimum Gasteiger partial charge on any atom is -0.369 e. The van der Waals surface area contributed by atoms with Gasteiger partial charge in [0.25, 0.3) is 5.91 Å². The fourth-order valence-electron chi connectivity index (χ4n) is 4.00. The second-order valence-electron chi connectivity index (χ2n) is 7.51. The highest BCUT2D eigenvalue weighted by Gasteiger charge is 2.43. The van der Waals surface area contributed by atoms with Crippen LogP contribution >= 0.6 is 23.2 Å². The van der Waals surface area contributed by atoms with Gasteiger partial charge in [0.05, 0.1) is 28.2 Å².